The summed E-state index contributed by atoms with van der Waals surface area (Å²) in [5.41, 5.74) is 2.93. The van der Waals surface area contributed by atoms with Gasteiger partial charge in [-0.15, -0.1) is 60.5 Å². The summed E-state index contributed by atoms with van der Waals surface area (Å²) >= 11 is 15.4. The van der Waals surface area contributed by atoms with Gasteiger partial charge in [-0.05, 0) is 272 Å². The first-order chi connectivity index (χ1) is 53.3. The van der Waals surface area contributed by atoms with E-state index >= 15 is 0 Å². The van der Waals surface area contributed by atoms with Crippen LogP contribution < -0.4 is 16.0 Å². The molecule has 0 saturated carbocycles. The Morgan fingerprint density at radius 2 is 0.593 bits per heavy atom. The number of methoxy groups -OCH3 is 5. The van der Waals surface area contributed by atoms with Crippen LogP contribution in [-0.2, 0) is 60.8 Å². The van der Waals surface area contributed by atoms with Crippen LogP contribution >= 0.6 is 83.1 Å². The standard InChI is InChI=1S/C36H59N5O4S2.C28H51N5O2S.2C8H8O2S.C2H4I.C2H5.CH4.2V/c1-39(25-12-19-37-21-29-46-33-17-8-6-15-31(33)35(42)44-4)23-10-11-24-40(2)27-14-28-41(3)26-13-20-38-22-30-47-34-18-9-7-16-32(34)36(43)45-5;1-30(16-7-8-17-31(2)21-11-22-33-23-24-33)19-10-20-32(3)18-9-14-29-15-25-36-27-13-6-5-12-26(27)28(34)35-4;2*1-10-8(9)6-4-2-3-5-7(6)11;1-2-3;1-2;;;/h6-9,15-18,37-38H,10-14,19-30H2,1-5H3;5-6,12-13,29H,7-11,14-25H2,1-4H3;2*2-5,11H,1H3;2H,1H3;1H2,2H3;1H4;;/q;;;;2*-1;;;. The number of unbranched alkanes of at least 4 members (excludes halogenated alkanes) is 2. The first kappa shape index (κ1) is 114. The van der Waals surface area contributed by atoms with Crippen LogP contribution in [0.25, 0.3) is 0 Å². The number of thiol groups is 2. The molecular formula is C85H139IN10O10S5V2-2. The number of esters is 5. The van der Waals surface area contributed by atoms with Crippen molar-refractivity contribution in [1.29, 1.82) is 0 Å². The summed E-state index contributed by atoms with van der Waals surface area (Å²) in [7, 11) is 20.4. The van der Waals surface area contributed by atoms with Gasteiger partial charge in [-0.25, -0.2) is 24.0 Å². The first-order valence-corrected chi connectivity index (χ1v) is 43.5. The number of rotatable bonds is 51. The van der Waals surface area contributed by atoms with Gasteiger partial charge in [0.1, 0.15) is 0 Å². The van der Waals surface area contributed by atoms with Crippen molar-refractivity contribution in [2.75, 3.05) is 233 Å². The largest absolute Gasteiger partial charge is 0.465 e. The van der Waals surface area contributed by atoms with Crippen LogP contribution in [0, 0.1) is 11.4 Å². The maximum Gasteiger partial charge on any atom is 0.338 e. The van der Waals surface area contributed by atoms with Crippen LogP contribution in [0.1, 0.15) is 137 Å². The van der Waals surface area contributed by atoms with E-state index in [2.05, 4.69) is 157 Å². The Balaban J connectivity index is -0.00000160. The number of nitrogens with zero attached hydrogens (tertiary/aromatic N) is 7. The summed E-state index contributed by atoms with van der Waals surface area (Å²) in [6.07, 6.45) is 12.2. The van der Waals surface area contributed by atoms with E-state index in [1.54, 1.807) is 78.6 Å². The second kappa shape index (κ2) is 76.1. The molecule has 2 radical (unpaired) electrons. The summed E-state index contributed by atoms with van der Waals surface area (Å²) in [6.45, 7) is 30.6. The van der Waals surface area contributed by atoms with Crippen LogP contribution in [0.3, 0.4) is 0 Å². The van der Waals surface area contributed by atoms with Crippen LogP contribution in [0.4, 0.5) is 0 Å². The maximum absolute atomic E-state index is 11.9. The average Bonchev–Trinajstić information content (AvgIpc) is 1.55. The van der Waals surface area contributed by atoms with Crippen LogP contribution in [-0.4, -0.2) is 297 Å². The van der Waals surface area contributed by atoms with E-state index in [1.165, 1.54) is 126 Å². The molecular weight excluding hydrogens is 1710 g/mol. The van der Waals surface area contributed by atoms with Crippen molar-refractivity contribution >= 4 is 113 Å². The number of nitrogens with one attached hydrogen (secondary N) is 3. The fourth-order valence-corrected chi connectivity index (χ4v) is 14.2. The maximum atomic E-state index is 11.9. The molecule has 0 unspecified atom stereocenters. The Hall–Kier alpha value is -3.30. The summed E-state index contributed by atoms with van der Waals surface area (Å²) in [6, 6.07) is 36.9. The van der Waals surface area contributed by atoms with Gasteiger partial charge >= 0.3 is 29.8 Å². The summed E-state index contributed by atoms with van der Waals surface area (Å²) < 4.78 is 25.7. The van der Waals surface area contributed by atoms with Crippen molar-refractivity contribution in [1.82, 2.24) is 50.2 Å². The predicted molar refractivity (Wildman–Crippen MR) is 484 cm³/mol. The molecule has 638 valence electrons. The summed E-state index contributed by atoms with van der Waals surface area (Å²) in [5, 5.41) is 10.6. The Morgan fingerprint density at radius 3 is 0.841 bits per heavy atom. The fraction of sp³-hybridized carbons (Fsp3) is 0.565. The van der Waals surface area contributed by atoms with Crippen molar-refractivity contribution in [2.24, 2.45) is 0 Å². The molecule has 0 aliphatic carbocycles. The number of hydrogen-bond donors (Lipinski definition) is 5. The van der Waals surface area contributed by atoms with Crippen molar-refractivity contribution < 1.29 is 84.8 Å². The van der Waals surface area contributed by atoms with Crippen molar-refractivity contribution in [3.05, 3.63) is 160 Å². The predicted octanol–water partition coefficient (Wildman–Crippen LogP) is 14.9. The Labute approximate surface area is 744 Å². The Bertz CT molecular complexity index is 3150. The molecule has 1 saturated heterocycles. The third-order valence-corrected chi connectivity index (χ3v) is 21.2. The Kier molecular flexibility index (Phi) is 76.7. The van der Waals surface area contributed by atoms with E-state index in [-0.39, 0.29) is 74.4 Å². The van der Waals surface area contributed by atoms with Gasteiger partial charge in [-0.1, -0.05) is 68.1 Å². The monoisotopic (exact) mass is 1850 g/mol. The number of halogens is 1. The SMILES string of the molecule is C.COC(=O)c1ccccc1S.COC(=O)c1ccccc1S.COC(=O)c1ccccc1SCCNCCCN(C)CCCCN(C)CCCN(C)CCCNCCSc1ccccc1C(=O)OC.COC(=O)c1ccccc1SCCNCCCN(C)CCCN(C)CCCCN(C)CCCN1CC1.C[CH-]I.[CH2-]C.[V].[V]. The van der Waals surface area contributed by atoms with Gasteiger partial charge < -0.3 is 103 Å². The molecule has 0 amide bonds. The molecule has 20 nitrogen and oxygen atoms in total. The van der Waals surface area contributed by atoms with Gasteiger partial charge in [0.25, 0.3) is 0 Å². The van der Waals surface area contributed by atoms with E-state index in [1.807, 2.05) is 96.3 Å². The summed E-state index contributed by atoms with van der Waals surface area (Å²) in [5.74, 6) is 1.25. The number of carbonyl (C=O) groups excluding carboxylic acids is 5. The van der Waals surface area contributed by atoms with Crippen molar-refractivity contribution in [3.63, 3.8) is 0 Å². The molecule has 28 heteroatoms. The second-order valence-electron chi connectivity index (χ2n) is 26.2. The topological polar surface area (TPSA) is 190 Å². The molecule has 6 rings (SSSR count). The van der Waals surface area contributed by atoms with E-state index < -0.39 is 0 Å². The average molecular weight is 1850 g/mol. The first-order valence-electron chi connectivity index (χ1n) is 38.4. The molecule has 5 aromatic rings. The molecule has 1 heterocycles. The van der Waals surface area contributed by atoms with Gasteiger partial charge in [0.15, 0.2) is 0 Å². The van der Waals surface area contributed by atoms with Crippen LogP contribution in [0.5, 0.6) is 0 Å². The molecule has 0 bridgehead atoms. The summed E-state index contributed by atoms with van der Waals surface area (Å²) in [4.78, 5) is 79.1. The Morgan fingerprint density at radius 1 is 0.381 bits per heavy atom. The normalized spacial score (nSPS) is 11.2. The van der Waals surface area contributed by atoms with Crippen molar-refractivity contribution in [2.45, 2.75) is 110 Å². The number of ether oxygens (including phenoxy) is 5. The minimum Gasteiger partial charge on any atom is -0.465 e. The number of benzene rings is 5. The minimum absolute atomic E-state index is 0. The van der Waals surface area contributed by atoms with E-state index in [0.717, 1.165) is 143 Å². The van der Waals surface area contributed by atoms with Gasteiger partial charge in [0, 0.05) is 112 Å². The number of thioether (sulfide) groups is 3. The van der Waals surface area contributed by atoms with E-state index in [4.69, 9.17) is 14.2 Å². The van der Waals surface area contributed by atoms with E-state index in [0.29, 0.717) is 37.6 Å². The van der Waals surface area contributed by atoms with Gasteiger partial charge in [0.2, 0.25) is 0 Å². The molecule has 113 heavy (non-hydrogen) atoms. The molecule has 0 spiro atoms. The molecule has 1 aliphatic heterocycles. The van der Waals surface area contributed by atoms with Gasteiger partial charge in [0.05, 0.1) is 63.4 Å². The van der Waals surface area contributed by atoms with Crippen LogP contribution in [0.2, 0.25) is 0 Å². The zero-order chi connectivity index (χ0) is 81.4. The number of carbonyl (C=O) groups is 5. The zero-order valence-electron chi connectivity index (χ0n) is 69.5. The van der Waals surface area contributed by atoms with Gasteiger partial charge in [-0.3, -0.25) is 4.43 Å². The van der Waals surface area contributed by atoms with Crippen molar-refractivity contribution in [3.8, 4) is 0 Å². The molecule has 1 aliphatic rings. The van der Waals surface area contributed by atoms with Gasteiger partial charge in [-0.2, -0.15) is 13.8 Å². The van der Waals surface area contributed by atoms with Crippen LogP contribution in [0.15, 0.2) is 146 Å². The second-order valence-corrected chi connectivity index (χ2v) is 31.8. The minimum atomic E-state index is -0.351. The smallest absolute Gasteiger partial charge is 0.338 e. The number of hydrogen-bond acceptors (Lipinski definition) is 25. The third kappa shape index (κ3) is 57.5. The molecule has 5 aromatic carbocycles. The van der Waals surface area contributed by atoms with E-state index in [9.17, 15) is 24.0 Å². The quantitative estimate of drug-likeness (QED) is 0.00361. The molecule has 0 atom stereocenters. The zero-order valence-corrected chi connectivity index (χ0v) is 78.7. The fourth-order valence-electron chi connectivity index (χ4n) is 10.9. The molecule has 0 aromatic heterocycles. The molecule has 3 N–H and O–H groups in total. The third-order valence-electron chi connectivity index (χ3n) is 17.2. The molecule has 1 fully saturated rings.